The molecule has 0 heterocycles. The summed E-state index contributed by atoms with van der Waals surface area (Å²) in [5.74, 6) is -0.231. The zero-order chi connectivity index (χ0) is 12.4. The van der Waals surface area contributed by atoms with Gasteiger partial charge in [0.2, 0.25) is 5.91 Å². The number of methoxy groups -OCH3 is 1. The molecule has 0 spiro atoms. The minimum absolute atomic E-state index is 0.0123. The van der Waals surface area contributed by atoms with E-state index in [1.165, 1.54) is 7.11 Å². The van der Waals surface area contributed by atoms with E-state index in [-0.39, 0.29) is 17.8 Å². The standard InChI is InChI=1S/C11H22N2O3/c1-9(5-3-7-12)11(15)13-8-4-6-10(14)16-2/h9H,3-8,12H2,1-2H3,(H,13,15). The Bertz CT molecular complexity index is 219. The molecule has 0 bridgehead atoms. The van der Waals surface area contributed by atoms with Crippen molar-refractivity contribution in [2.75, 3.05) is 20.2 Å². The van der Waals surface area contributed by atoms with Crippen LogP contribution in [-0.4, -0.2) is 32.1 Å². The number of hydrogen-bond acceptors (Lipinski definition) is 4. The lowest BCUT2D eigenvalue weighted by molar-refractivity contribution is -0.140. The average Bonchev–Trinajstić information content (AvgIpc) is 2.30. The number of rotatable bonds is 8. The first-order valence-corrected chi connectivity index (χ1v) is 5.66. The van der Waals surface area contributed by atoms with Gasteiger partial charge in [0, 0.05) is 18.9 Å². The topological polar surface area (TPSA) is 81.4 Å². The molecule has 5 heteroatoms. The van der Waals surface area contributed by atoms with Crippen LogP contribution in [0.2, 0.25) is 0 Å². The summed E-state index contributed by atoms with van der Waals surface area (Å²) in [7, 11) is 1.36. The summed E-state index contributed by atoms with van der Waals surface area (Å²) >= 11 is 0. The van der Waals surface area contributed by atoms with Gasteiger partial charge in [-0.25, -0.2) is 0 Å². The van der Waals surface area contributed by atoms with Crippen LogP contribution in [-0.2, 0) is 14.3 Å². The van der Waals surface area contributed by atoms with Crippen LogP contribution in [0.15, 0.2) is 0 Å². The summed E-state index contributed by atoms with van der Waals surface area (Å²) in [4.78, 5) is 22.3. The summed E-state index contributed by atoms with van der Waals surface area (Å²) < 4.78 is 4.49. The van der Waals surface area contributed by atoms with Crippen molar-refractivity contribution in [3.8, 4) is 0 Å². The highest BCUT2D eigenvalue weighted by Crippen LogP contribution is 2.04. The number of ether oxygens (including phenoxy) is 1. The van der Waals surface area contributed by atoms with Crippen LogP contribution >= 0.6 is 0 Å². The lowest BCUT2D eigenvalue weighted by atomic mass is 10.0. The van der Waals surface area contributed by atoms with Gasteiger partial charge in [0.15, 0.2) is 0 Å². The van der Waals surface area contributed by atoms with Gasteiger partial charge in [-0.1, -0.05) is 6.92 Å². The summed E-state index contributed by atoms with van der Waals surface area (Å²) in [6.07, 6.45) is 2.62. The number of nitrogens with one attached hydrogen (secondary N) is 1. The molecule has 0 aromatic carbocycles. The Morgan fingerprint density at radius 1 is 1.38 bits per heavy atom. The maximum atomic E-state index is 11.5. The van der Waals surface area contributed by atoms with Crippen LogP contribution in [0.1, 0.15) is 32.6 Å². The van der Waals surface area contributed by atoms with E-state index in [0.29, 0.717) is 25.9 Å². The average molecular weight is 230 g/mol. The summed E-state index contributed by atoms with van der Waals surface area (Å²) in [5.41, 5.74) is 5.36. The minimum atomic E-state index is -0.245. The fraction of sp³-hybridized carbons (Fsp3) is 0.818. The van der Waals surface area contributed by atoms with Gasteiger partial charge in [-0.05, 0) is 25.8 Å². The largest absolute Gasteiger partial charge is 0.469 e. The Hall–Kier alpha value is -1.10. The van der Waals surface area contributed by atoms with Gasteiger partial charge in [0.05, 0.1) is 7.11 Å². The third-order valence-corrected chi connectivity index (χ3v) is 2.37. The molecule has 3 N–H and O–H groups in total. The maximum absolute atomic E-state index is 11.5. The van der Waals surface area contributed by atoms with E-state index in [1.54, 1.807) is 0 Å². The number of amides is 1. The first-order chi connectivity index (χ1) is 7.61. The third kappa shape index (κ3) is 7.23. The van der Waals surface area contributed by atoms with E-state index in [4.69, 9.17) is 5.73 Å². The molecule has 0 radical (unpaired) electrons. The number of nitrogens with two attached hydrogens (primary N) is 1. The second-order valence-electron chi connectivity index (χ2n) is 3.80. The predicted molar refractivity (Wildman–Crippen MR) is 61.7 cm³/mol. The highest BCUT2D eigenvalue weighted by molar-refractivity contribution is 5.78. The Balaban J connectivity index is 3.53. The van der Waals surface area contributed by atoms with Gasteiger partial charge in [0.1, 0.15) is 0 Å². The van der Waals surface area contributed by atoms with Gasteiger partial charge < -0.3 is 15.8 Å². The zero-order valence-corrected chi connectivity index (χ0v) is 10.1. The van der Waals surface area contributed by atoms with E-state index in [2.05, 4.69) is 10.1 Å². The van der Waals surface area contributed by atoms with Crippen LogP contribution in [0.4, 0.5) is 0 Å². The minimum Gasteiger partial charge on any atom is -0.469 e. The summed E-state index contributed by atoms with van der Waals surface area (Å²) in [6.45, 7) is 3.01. The van der Waals surface area contributed by atoms with Crippen molar-refractivity contribution >= 4 is 11.9 Å². The normalized spacial score (nSPS) is 11.9. The Morgan fingerprint density at radius 2 is 2.06 bits per heavy atom. The van der Waals surface area contributed by atoms with Crippen LogP contribution < -0.4 is 11.1 Å². The fourth-order valence-corrected chi connectivity index (χ4v) is 1.28. The van der Waals surface area contributed by atoms with Crippen molar-refractivity contribution in [1.29, 1.82) is 0 Å². The van der Waals surface area contributed by atoms with Crippen molar-refractivity contribution in [1.82, 2.24) is 5.32 Å². The van der Waals surface area contributed by atoms with Gasteiger partial charge >= 0.3 is 5.97 Å². The second kappa shape index (κ2) is 9.15. The molecule has 0 aromatic heterocycles. The molecular weight excluding hydrogens is 208 g/mol. The van der Waals surface area contributed by atoms with Gasteiger partial charge in [-0.3, -0.25) is 9.59 Å². The van der Waals surface area contributed by atoms with Gasteiger partial charge in [-0.15, -0.1) is 0 Å². The highest BCUT2D eigenvalue weighted by Gasteiger charge is 2.11. The van der Waals surface area contributed by atoms with E-state index in [1.807, 2.05) is 6.92 Å². The molecule has 0 aliphatic carbocycles. The Kier molecular flexibility index (Phi) is 8.52. The lowest BCUT2D eigenvalue weighted by Gasteiger charge is -2.11. The van der Waals surface area contributed by atoms with Crippen molar-refractivity contribution in [2.24, 2.45) is 11.7 Å². The molecular formula is C11H22N2O3. The molecule has 0 rings (SSSR count). The molecule has 0 saturated carbocycles. The van der Waals surface area contributed by atoms with Crippen LogP contribution in [0.5, 0.6) is 0 Å². The molecule has 0 saturated heterocycles. The molecule has 0 fully saturated rings. The monoisotopic (exact) mass is 230 g/mol. The molecule has 1 amide bonds. The number of carbonyl (C=O) groups is 2. The van der Waals surface area contributed by atoms with Crippen LogP contribution in [0.3, 0.4) is 0 Å². The Morgan fingerprint density at radius 3 is 2.62 bits per heavy atom. The number of carbonyl (C=O) groups excluding carboxylic acids is 2. The summed E-state index contributed by atoms with van der Waals surface area (Å²) in [6, 6.07) is 0. The summed E-state index contributed by atoms with van der Waals surface area (Å²) in [5, 5.41) is 2.78. The Labute approximate surface area is 96.7 Å². The van der Waals surface area contributed by atoms with E-state index in [0.717, 1.165) is 12.8 Å². The van der Waals surface area contributed by atoms with Crippen molar-refractivity contribution < 1.29 is 14.3 Å². The predicted octanol–water partition coefficient (Wildman–Crippen LogP) is 0.431. The molecule has 0 aliphatic rings. The molecule has 1 unspecified atom stereocenters. The van der Waals surface area contributed by atoms with Gasteiger partial charge in [-0.2, -0.15) is 0 Å². The van der Waals surface area contributed by atoms with Crippen LogP contribution in [0, 0.1) is 5.92 Å². The van der Waals surface area contributed by atoms with Gasteiger partial charge in [0.25, 0.3) is 0 Å². The second-order valence-corrected chi connectivity index (χ2v) is 3.80. The van der Waals surface area contributed by atoms with E-state index in [9.17, 15) is 9.59 Å². The number of hydrogen-bond donors (Lipinski definition) is 2. The molecule has 94 valence electrons. The van der Waals surface area contributed by atoms with Crippen molar-refractivity contribution in [3.05, 3.63) is 0 Å². The molecule has 5 nitrogen and oxygen atoms in total. The highest BCUT2D eigenvalue weighted by atomic mass is 16.5. The van der Waals surface area contributed by atoms with E-state index >= 15 is 0 Å². The smallest absolute Gasteiger partial charge is 0.305 e. The third-order valence-electron chi connectivity index (χ3n) is 2.37. The zero-order valence-electron chi connectivity index (χ0n) is 10.1. The quantitative estimate of drug-likeness (QED) is 0.468. The fourth-order valence-electron chi connectivity index (χ4n) is 1.28. The first-order valence-electron chi connectivity index (χ1n) is 5.66. The molecule has 0 aromatic rings. The lowest BCUT2D eigenvalue weighted by Crippen LogP contribution is -2.30. The number of esters is 1. The first kappa shape index (κ1) is 14.9. The van der Waals surface area contributed by atoms with Crippen LogP contribution in [0.25, 0.3) is 0 Å². The molecule has 0 aliphatic heterocycles. The maximum Gasteiger partial charge on any atom is 0.305 e. The molecule has 16 heavy (non-hydrogen) atoms. The van der Waals surface area contributed by atoms with Crippen molar-refractivity contribution in [3.63, 3.8) is 0 Å². The SMILES string of the molecule is COC(=O)CCCNC(=O)C(C)CCCN. The molecule has 1 atom stereocenters. The van der Waals surface area contributed by atoms with E-state index < -0.39 is 0 Å². The van der Waals surface area contributed by atoms with Crippen molar-refractivity contribution in [2.45, 2.75) is 32.6 Å².